The lowest BCUT2D eigenvalue weighted by Crippen LogP contribution is -2.58. The number of aliphatic hydroxyl groups is 1. The number of thioether (sulfide) groups is 1. The van der Waals surface area contributed by atoms with Crippen LogP contribution in [0.5, 0.6) is 0 Å². The zero-order valence-electron chi connectivity index (χ0n) is 25.7. The molecule has 2 aromatic rings. The fraction of sp³-hybridized carbons (Fsp3) is 0.457. The van der Waals surface area contributed by atoms with Crippen molar-refractivity contribution in [3.05, 3.63) is 90.5 Å². The molecule has 9 heteroatoms. The van der Waals surface area contributed by atoms with Crippen LogP contribution < -0.4 is 4.90 Å². The monoisotopic (exact) mass is 679 g/mol. The highest BCUT2D eigenvalue weighted by Crippen LogP contribution is 2.68. The van der Waals surface area contributed by atoms with Gasteiger partial charge in [-0.25, -0.2) is 0 Å². The van der Waals surface area contributed by atoms with Crippen molar-refractivity contribution in [2.45, 2.75) is 67.1 Å². The minimum Gasteiger partial charge on any atom is -0.394 e. The van der Waals surface area contributed by atoms with Gasteiger partial charge in [0.2, 0.25) is 11.8 Å². The third-order valence-electron chi connectivity index (χ3n) is 9.43. The Kier molecular flexibility index (Phi) is 9.78. The van der Waals surface area contributed by atoms with Crippen molar-refractivity contribution in [1.29, 1.82) is 0 Å². The summed E-state index contributed by atoms with van der Waals surface area (Å²) in [5.41, 5.74) is 3.74. The molecule has 2 aromatic carbocycles. The van der Waals surface area contributed by atoms with Gasteiger partial charge in [-0.05, 0) is 49.4 Å². The number of likely N-dealkylation sites (tertiary alicyclic amines) is 1. The summed E-state index contributed by atoms with van der Waals surface area (Å²) in [6.45, 7) is 14.5. The standard InChI is InChI=1S/C35H42BrN3O4S/c1-6-16-37(20-24-12-10-9-11-13-24)32(41)28-29-33(42)39(25(8-3)21-40)31(35(29)19-26(36)30(28)44-35)34(43)38(17-7-2)27-18-22(4)14-15-23(27)5/h6-7,9-15,18,25-26,28-31,40H,1-2,8,16-17,19-21H2,3-5H3/t25-,26?,28+,29-,30+,31?,35?/m0/s1. The minimum absolute atomic E-state index is 0.0502. The number of halogens is 1. The quantitative estimate of drug-likeness (QED) is 0.244. The van der Waals surface area contributed by atoms with Gasteiger partial charge in [0.1, 0.15) is 6.04 Å². The molecular weight excluding hydrogens is 638 g/mol. The Hall–Kier alpha value is -2.88. The second kappa shape index (κ2) is 13.2. The van der Waals surface area contributed by atoms with Crippen molar-refractivity contribution >= 4 is 51.1 Å². The molecule has 3 heterocycles. The largest absolute Gasteiger partial charge is 0.394 e. The van der Waals surface area contributed by atoms with Gasteiger partial charge in [-0.2, -0.15) is 0 Å². The van der Waals surface area contributed by atoms with E-state index in [2.05, 4.69) is 29.1 Å². The zero-order valence-corrected chi connectivity index (χ0v) is 28.1. The van der Waals surface area contributed by atoms with Crippen LogP contribution in [0.15, 0.2) is 73.8 Å². The van der Waals surface area contributed by atoms with E-state index in [1.807, 2.05) is 69.3 Å². The van der Waals surface area contributed by atoms with Gasteiger partial charge in [0, 0.05) is 35.4 Å². The van der Waals surface area contributed by atoms with Gasteiger partial charge in [0.15, 0.2) is 0 Å². The molecule has 0 aliphatic carbocycles. The zero-order chi connectivity index (χ0) is 31.8. The first-order chi connectivity index (χ1) is 21.1. The van der Waals surface area contributed by atoms with Crippen molar-refractivity contribution in [2.75, 3.05) is 24.6 Å². The van der Waals surface area contributed by atoms with Gasteiger partial charge in [-0.15, -0.1) is 24.9 Å². The highest BCUT2D eigenvalue weighted by molar-refractivity contribution is 9.09. The van der Waals surface area contributed by atoms with E-state index in [0.717, 1.165) is 22.4 Å². The average molecular weight is 681 g/mol. The van der Waals surface area contributed by atoms with E-state index in [1.54, 1.807) is 38.6 Å². The number of aryl methyl sites for hydroxylation is 2. The molecule has 2 bridgehead atoms. The van der Waals surface area contributed by atoms with Crippen molar-refractivity contribution in [3.63, 3.8) is 0 Å². The number of amides is 3. The molecule has 0 saturated carbocycles. The average Bonchev–Trinajstić information content (AvgIpc) is 3.61. The number of aliphatic hydroxyl groups excluding tert-OH is 1. The molecule has 0 radical (unpaired) electrons. The van der Waals surface area contributed by atoms with E-state index in [4.69, 9.17) is 0 Å². The molecule has 1 N–H and O–H groups in total. The summed E-state index contributed by atoms with van der Waals surface area (Å²) in [5, 5.41) is 10.3. The molecule has 1 spiro atoms. The second-order valence-electron chi connectivity index (χ2n) is 12.2. The number of benzene rings is 2. The predicted molar refractivity (Wildman–Crippen MR) is 181 cm³/mol. The number of hydrogen-bond donors (Lipinski definition) is 1. The van der Waals surface area contributed by atoms with Crippen molar-refractivity contribution in [3.8, 4) is 0 Å². The summed E-state index contributed by atoms with van der Waals surface area (Å²) in [5.74, 6) is -1.80. The van der Waals surface area contributed by atoms with E-state index in [-0.39, 0.29) is 41.0 Å². The van der Waals surface area contributed by atoms with Crippen LogP contribution in [0.25, 0.3) is 0 Å². The number of rotatable bonds is 12. The van der Waals surface area contributed by atoms with Crippen molar-refractivity contribution in [1.82, 2.24) is 9.80 Å². The molecule has 0 aromatic heterocycles. The van der Waals surface area contributed by atoms with Gasteiger partial charge in [0.05, 0.1) is 29.2 Å². The van der Waals surface area contributed by atoms with Gasteiger partial charge in [-0.1, -0.05) is 77.5 Å². The molecule has 3 saturated heterocycles. The molecular formula is C35H42BrN3O4S. The molecule has 3 fully saturated rings. The summed E-state index contributed by atoms with van der Waals surface area (Å²) in [6.07, 6.45) is 4.48. The maximum atomic E-state index is 14.9. The summed E-state index contributed by atoms with van der Waals surface area (Å²) in [4.78, 5) is 49.2. The Morgan fingerprint density at radius 2 is 1.84 bits per heavy atom. The van der Waals surface area contributed by atoms with Gasteiger partial charge < -0.3 is 19.8 Å². The van der Waals surface area contributed by atoms with Crippen LogP contribution in [0.1, 0.15) is 36.5 Å². The molecule has 7 nitrogen and oxygen atoms in total. The first-order valence-electron chi connectivity index (χ1n) is 15.3. The first-order valence-corrected chi connectivity index (χ1v) is 17.1. The summed E-state index contributed by atoms with van der Waals surface area (Å²) >= 11 is 5.50. The first kappa shape index (κ1) is 32.5. The number of fused-ring (bicyclic) bond motifs is 1. The molecule has 3 aliphatic rings. The van der Waals surface area contributed by atoms with Crippen LogP contribution in [-0.2, 0) is 20.9 Å². The third-order valence-corrected chi connectivity index (χ3v) is 12.7. The van der Waals surface area contributed by atoms with Crippen molar-refractivity contribution < 1.29 is 19.5 Å². The third kappa shape index (κ3) is 5.45. The number of alkyl halides is 1. The lowest BCUT2D eigenvalue weighted by Gasteiger charge is -2.40. The maximum absolute atomic E-state index is 14.9. The van der Waals surface area contributed by atoms with Crippen molar-refractivity contribution in [2.24, 2.45) is 11.8 Å². The highest BCUT2D eigenvalue weighted by Gasteiger charge is 2.76. The summed E-state index contributed by atoms with van der Waals surface area (Å²) in [6, 6.07) is 14.4. The molecule has 3 aliphatic heterocycles. The van der Waals surface area contributed by atoms with Gasteiger partial charge >= 0.3 is 0 Å². The van der Waals surface area contributed by atoms with E-state index in [0.29, 0.717) is 25.9 Å². The smallest absolute Gasteiger partial charge is 0.251 e. The van der Waals surface area contributed by atoms with Gasteiger partial charge in [-0.3, -0.25) is 14.4 Å². The fourth-order valence-electron chi connectivity index (χ4n) is 7.43. The van der Waals surface area contributed by atoms with Crippen LogP contribution in [0.4, 0.5) is 5.69 Å². The van der Waals surface area contributed by atoms with Gasteiger partial charge in [0.25, 0.3) is 5.91 Å². The molecule has 234 valence electrons. The lowest BCUT2D eigenvalue weighted by molar-refractivity contribution is -0.145. The minimum atomic E-state index is -0.841. The van der Waals surface area contributed by atoms with Crippen LogP contribution in [0.3, 0.4) is 0 Å². The molecule has 5 rings (SSSR count). The van der Waals surface area contributed by atoms with E-state index < -0.39 is 28.7 Å². The number of carbonyl (C=O) groups excluding carboxylic acids is 3. The fourth-order valence-corrected chi connectivity index (χ4v) is 11.0. The molecule has 7 atom stereocenters. The van der Waals surface area contributed by atoms with Crippen LogP contribution in [0.2, 0.25) is 0 Å². The van der Waals surface area contributed by atoms with Crippen LogP contribution >= 0.6 is 27.7 Å². The normalized spacial score (nSPS) is 27.6. The van der Waals surface area contributed by atoms with E-state index in [9.17, 15) is 19.5 Å². The van der Waals surface area contributed by atoms with Crippen LogP contribution in [0, 0.1) is 25.7 Å². The summed E-state index contributed by atoms with van der Waals surface area (Å²) < 4.78 is -0.820. The molecule has 44 heavy (non-hydrogen) atoms. The SMILES string of the molecule is C=CCN(Cc1ccccc1)C(=O)[C@H]1[C@@H]2SC3(CC2Br)C(C(=O)N(CC=C)c2cc(C)ccc2C)N([C@@H](CC)CO)C(=O)[C@H]13. The number of nitrogens with zero attached hydrogens (tertiary/aromatic N) is 3. The Morgan fingerprint density at radius 3 is 2.48 bits per heavy atom. The Balaban J connectivity index is 1.60. The topological polar surface area (TPSA) is 81.2 Å². The van der Waals surface area contributed by atoms with E-state index >= 15 is 0 Å². The van der Waals surface area contributed by atoms with Crippen LogP contribution in [-0.4, -0.2) is 79.2 Å². The lowest BCUT2D eigenvalue weighted by atomic mass is 9.70. The Morgan fingerprint density at radius 1 is 1.14 bits per heavy atom. The molecule has 3 amide bonds. The Labute approximate surface area is 273 Å². The summed E-state index contributed by atoms with van der Waals surface area (Å²) in [7, 11) is 0. The number of carbonyl (C=O) groups is 3. The maximum Gasteiger partial charge on any atom is 0.251 e. The highest BCUT2D eigenvalue weighted by atomic mass is 79.9. The molecule has 3 unspecified atom stereocenters. The Bertz CT molecular complexity index is 1430. The van der Waals surface area contributed by atoms with E-state index in [1.165, 1.54) is 0 Å². The number of hydrogen-bond acceptors (Lipinski definition) is 5. The predicted octanol–water partition coefficient (Wildman–Crippen LogP) is 5.27. The number of anilines is 1. The second-order valence-corrected chi connectivity index (χ2v) is 14.9.